The summed E-state index contributed by atoms with van der Waals surface area (Å²) in [7, 11) is 0. The fraction of sp³-hybridized carbons (Fsp3) is 0.562. The molecule has 3 saturated heterocycles. The van der Waals surface area contributed by atoms with Gasteiger partial charge in [0, 0.05) is 67.0 Å². The van der Waals surface area contributed by atoms with E-state index in [0.717, 1.165) is 74.2 Å². The number of rotatable bonds is 4. The van der Waals surface area contributed by atoms with Crippen molar-refractivity contribution in [2.24, 2.45) is 23.5 Å². The van der Waals surface area contributed by atoms with Crippen LogP contribution >= 0.6 is 27.5 Å². The average Bonchev–Trinajstić information content (AvgIpc) is 3.14. The predicted molar refractivity (Wildman–Crippen MR) is 167 cm³/mol. The number of carbonyl (C=O) groups excluding carboxylic acids is 2. The first-order chi connectivity index (χ1) is 19.9. The zero-order valence-electron chi connectivity index (χ0n) is 23.7. The predicted octanol–water partition coefficient (Wildman–Crippen LogP) is 5.85. The van der Waals surface area contributed by atoms with Crippen molar-refractivity contribution in [2.75, 3.05) is 39.3 Å². The number of hydrogen-bond acceptors (Lipinski definition) is 4. The quantitative estimate of drug-likeness (QED) is 0.432. The Morgan fingerprint density at radius 3 is 2.27 bits per heavy atom. The maximum atomic E-state index is 13.1. The van der Waals surface area contributed by atoms with Gasteiger partial charge < -0.3 is 25.8 Å². The minimum absolute atomic E-state index is 0.292. The molecule has 0 spiro atoms. The molecule has 41 heavy (non-hydrogen) atoms. The van der Waals surface area contributed by atoms with Gasteiger partial charge in [-0.25, -0.2) is 4.79 Å². The molecule has 6 rings (SSSR count). The van der Waals surface area contributed by atoms with Crippen LogP contribution in [-0.2, 0) is 11.2 Å². The highest BCUT2D eigenvalue weighted by molar-refractivity contribution is 9.11. The standard InChI is InChI=1S/C32H41BrClN5O2/c33-26-18-25-2-1-24-19-27(34)3-4-28(24)31(30(25)36-20-26)38-15-9-23(10-16-38)22-7-13-37(14-8-22)29(40)17-21-5-11-39(12-6-21)32(35)41/h3-4,18-23,36H,1-2,5-17H2,(H2,35,41). The van der Waals surface area contributed by atoms with E-state index in [1.165, 1.54) is 40.9 Å². The van der Waals surface area contributed by atoms with E-state index in [0.29, 0.717) is 43.2 Å². The molecule has 0 bridgehead atoms. The number of likely N-dealkylation sites (tertiary alicyclic amines) is 3. The Labute approximate surface area is 256 Å². The minimum Gasteiger partial charge on any atom is -0.369 e. The molecular weight excluding hydrogens is 602 g/mol. The molecule has 0 atom stereocenters. The number of fused-ring (bicyclic) bond motifs is 2. The van der Waals surface area contributed by atoms with Gasteiger partial charge in [-0.3, -0.25) is 4.79 Å². The summed E-state index contributed by atoms with van der Waals surface area (Å²) in [6.07, 6.45) is 13.2. The number of piperidine rings is 3. The Morgan fingerprint density at radius 2 is 1.59 bits per heavy atom. The molecule has 1 aromatic carbocycles. The molecular formula is C32H41BrClN5O2. The number of benzene rings is 1. The second kappa shape index (κ2) is 12.4. The number of carbonyl (C=O) groups is 2. The van der Waals surface area contributed by atoms with Crippen LogP contribution in [0.25, 0.3) is 5.70 Å². The lowest BCUT2D eigenvalue weighted by atomic mass is 9.78. The van der Waals surface area contributed by atoms with Crippen LogP contribution in [0.5, 0.6) is 0 Å². The number of dihydropyridines is 1. The Balaban J connectivity index is 1.05. The lowest BCUT2D eigenvalue weighted by molar-refractivity contribution is -0.134. The van der Waals surface area contributed by atoms with Crippen LogP contribution in [-0.4, -0.2) is 65.9 Å². The molecule has 220 valence electrons. The molecule has 0 saturated carbocycles. The average molecular weight is 643 g/mol. The van der Waals surface area contributed by atoms with Gasteiger partial charge in [0.1, 0.15) is 0 Å². The maximum absolute atomic E-state index is 13.1. The topological polar surface area (TPSA) is 81.9 Å². The highest BCUT2D eigenvalue weighted by atomic mass is 79.9. The van der Waals surface area contributed by atoms with Crippen LogP contribution < -0.4 is 11.1 Å². The molecule has 9 heteroatoms. The van der Waals surface area contributed by atoms with Crippen LogP contribution in [0.15, 0.2) is 46.2 Å². The third kappa shape index (κ3) is 6.34. The Bertz CT molecular complexity index is 1270. The van der Waals surface area contributed by atoms with E-state index in [1.807, 2.05) is 12.3 Å². The summed E-state index contributed by atoms with van der Waals surface area (Å²) in [5.74, 6) is 2.07. The smallest absolute Gasteiger partial charge is 0.314 e. The van der Waals surface area contributed by atoms with Crippen molar-refractivity contribution in [2.45, 2.75) is 57.8 Å². The number of aryl methyl sites for hydroxylation is 1. The SMILES string of the molecule is NC(=O)N1CCC(CC(=O)N2CCC(C3CCN(C4=C5NC=C(Br)C=C5CCc5cc(Cl)ccc54)CC3)CC2)CC1. The van der Waals surface area contributed by atoms with E-state index in [2.05, 4.69) is 49.3 Å². The van der Waals surface area contributed by atoms with Crippen LogP contribution in [0.3, 0.4) is 0 Å². The molecule has 3 fully saturated rings. The number of nitrogens with zero attached hydrogens (tertiary/aromatic N) is 3. The van der Waals surface area contributed by atoms with Crippen molar-refractivity contribution in [1.29, 1.82) is 0 Å². The van der Waals surface area contributed by atoms with E-state index in [-0.39, 0.29) is 6.03 Å². The van der Waals surface area contributed by atoms with Crippen molar-refractivity contribution in [1.82, 2.24) is 20.0 Å². The van der Waals surface area contributed by atoms with E-state index >= 15 is 0 Å². The summed E-state index contributed by atoms with van der Waals surface area (Å²) in [5.41, 5.74) is 11.9. The number of primary amides is 1. The van der Waals surface area contributed by atoms with Gasteiger partial charge in [-0.05, 0) is 114 Å². The van der Waals surface area contributed by atoms with Crippen molar-refractivity contribution >= 4 is 45.2 Å². The maximum Gasteiger partial charge on any atom is 0.314 e. The van der Waals surface area contributed by atoms with E-state index < -0.39 is 0 Å². The van der Waals surface area contributed by atoms with E-state index in [4.69, 9.17) is 17.3 Å². The third-order valence-electron chi connectivity index (χ3n) is 10.0. The number of amides is 3. The minimum atomic E-state index is -0.346. The molecule has 0 unspecified atom stereocenters. The summed E-state index contributed by atoms with van der Waals surface area (Å²) >= 11 is 10.1. The van der Waals surface area contributed by atoms with Gasteiger partial charge in [0.2, 0.25) is 5.91 Å². The highest BCUT2D eigenvalue weighted by Gasteiger charge is 2.34. The first-order valence-corrected chi connectivity index (χ1v) is 16.5. The highest BCUT2D eigenvalue weighted by Crippen LogP contribution is 2.41. The normalized spacial score (nSPS) is 22.8. The number of nitrogens with one attached hydrogen (secondary N) is 1. The monoisotopic (exact) mass is 641 g/mol. The molecule has 1 aromatic rings. The van der Waals surface area contributed by atoms with Gasteiger partial charge >= 0.3 is 6.03 Å². The van der Waals surface area contributed by atoms with Crippen molar-refractivity contribution in [3.63, 3.8) is 0 Å². The van der Waals surface area contributed by atoms with Gasteiger partial charge in [0.25, 0.3) is 0 Å². The van der Waals surface area contributed by atoms with E-state index in [1.54, 1.807) is 4.90 Å². The van der Waals surface area contributed by atoms with Gasteiger partial charge in [-0.1, -0.05) is 17.7 Å². The van der Waals surface area contributed by atoms with Crippen LogP contribution in [0, 0.1) is 17.8 Å². The third-order valence-corrected chi connectivity index (χ3v) is 10.7. The molecule has 7 nitrogen and oxygen atoms in total. The molecule has 4 heterocycles. The number of allylic oxidation sites excluding steroid dienone is 3. The van der Waals surface area contributed by atoms with Gasteiger partial charge in [-0.15, -0.1) is 0 Å². The Kier molecular flexibility index (Phi) is 8.68. The largest absolute Gasteiger partial charge is 0.369 e. The lowest BCUT2D eigenvalue weighted by Gasteiger charge is -2.42. The van der Waals surface area contributed by atoms with Gasteiger partial charge in [0.15, 0.2) is 0 Å². The molecule has 4 aliphatic heterocycles. The zero-order valence-corrected chi connectivity index (χ0v) is 26.1. The number of nitrogens with two attached hydrogens (primary N) is 1. The van der Waals surface area contributed by atoms with Crippen LogP contribution in [0.1, 0.15) is 62.5 Å². The fourth-order valence-electron chi connectivity index (χ4n) is 7.61. The Hall–Kier alpha value is -2.45. The molecule has 3 amide bonds. The second-order valence-electron chi connectivity index (χ2n) is 12.4. The first kappa shape index (κ1) is 28.7. The van der Waals surface area contributed by atoms with E-state index in [9.17, 15) is 9.59 Å². The zero-order chi connectivity index (χ0) is 28.5. The first-order valence-electron chi connectivity index (χ1n) is 15.3. The number of halogens is 2. The van der Waals surface area contributed by atoms with Crippen molar-refractivity contribution in [3.8, 4) is 0 Å². The summed E-state index contributed by atoms with van der Waals surface area (Å²) in [6, 6.07) is 6.03. The van der Waals surface area contributed by atoms with Crippen LogP contribution in [0.2, 0.25) is 5.02 Å². The molecule has 0 radical (unpaired) electrons. The summed E-state index contributed by atoms with van der Waals surface area (Å²) in [6.45, 7) is 5.21. The Morgan fingerprint density at radius 1 is 0.927 bits per heavy atom. The summed E-state index contributed by atoms with van der Waals surface area (Å²) < 4.78 is 1.08. The fourth-order valence-corrected chi connectivity index (χ4v) is 8.20. The molecule has 1 aliphatic carbocycles. The summed E-state index contributed by atoms with van der Waals surface area (Å²) in [4.78, 5) is 30.8. The molecule has 0 aromatic heterocycles. The van der Waals surface area contributed by atoms with Gasteiger partial charge in [0.05, 0.1) is 11.4 Å². The van der Waals surface area contributed by atoms with Gasteiger partial charge in [-0.2, -0.15) is 0 Å². The number of urea groups is 1. The van der Waals surface area contributed by atoms with Crippen molar-refractivity contribution in [3.05, 3.63) is 62.4 Å². The molecule has 5 aliphatic rings. The number of hydrogen-bond donors (Lipinski definition) is 2. The lowest BCUT2D eigenvalue weighted by Crippen LogP contribution is -2.44. The summed E-state index contributed by atoms with van der Waals surface area (Å²) in [5, 5.41) is 4.41. The molecule has 3 N–H and O–H groups in total. The second-order valence-corrected chi connectivity index (χ2v) is 13.7. The van der Waals surface area contributed by atoms with Crippen LogP contribution in [0.4, 0.5) is 4.79 Å². The van der Waals surface area contributed by atoms with Crippen molar-refractivity contribution < 1.29 is 9.59 Å².